The zero-order valence-corrected chi connectivity index (χ0v) is 14.9. The van der Waals surface area contributed by atoms with Gasteiger partial charge in [0.25, 0.3) is 0 Å². The lowest BCUT2D eigenvalue weighted by atomic mass is 10.3. The van der Waals surface area contributed by atoms with Gasteiger partial charge in [-0.25, -0.2) is 14.8 Å². The molecule has 28 heavy (non-hydrogen) atoms. The molecule has 1 aliphatic rings. The summed E-state index contributed by atoms with van der Waals surface area (Å²) in [5.74, 6) is -0.182. The third kappa shape index (κ3) is 6.25. The van der Waals surface area contributed by atoms with E-state index in [4.69, 9.17) is 10.6 Å². The highest BCUT2D eigenvalue weighted by atomic mass is 19.4. The molecule has 0 aliphatic carbocycles. The number of amides is 2. The van der Waals surface area contributed by atoms with E-state index in [0.717, 1.165) is 0 Å². The monoisotopic (exact) mass is 404 g/mol. The van der Waals surface area contributed by atoms with Crippen LogP contribution >= 0.6 is 0 Å². The van der Waals surface area contributed by atoms with Gasteiger partial charge in [-0.3, -0.25) is 4.79 Å². The number of nitrogens with two attached hydrogens (primary N) is 1. The number of hydrogen-bond donors (Lipinski definition) is 1. The normalized spacial score (nSPS) is 16.4. The van der Waals surface area contributed by atoms with E-state index >= 15 is 0 Å². The van der Waals surface area contributed by atoms with Gasteiger partial charge in [-0.1, -0.05) is 5.16 Å². The van der Waals surface area contributed by atoms with Gasteiger partial charge in [0.1, 0.15) is 12.7 Å². The maximum Gasteiger partial charge on any atom is 0.419 e. The molecule has 0 bridgehead atoms. The van der Waals surface area contributed by atoms with E-state index in [-0.39, 0.29) is 31.6 Å². The summed E-state index contributed by atoms with van der Waals surface area (Å²) in [6, 6.07) is 0. The fourth-order valence-electron chi connectivity index (χ4n) is 2.29. The Morgan fingerprint density at radius 3 is 2.64 bits per heavy atom. The lowest BCUT2D eigenvalue weighted by molar-refractivity contribution is -0.138. The van der Waals surface area contributed by atoms with Gasteiger partial charge < -0.3 is 25.1 Å². The van der Waals surface area contributed by atoms with Gasteiger partial charge >= 0.3 is 12.3 Å². The van der Waals surface area contributed by atoms with Crippen LogP contribution < -0.4 is 10.6 Å². The highest BCUT2D eigenvalue weighted by Crippen LogP contribution is 2.28. The summed E-state index contributed by atoms with van der Waals surface area (Å²) in [6.07, 6.45) is -3.47. The number of halogens is 3. The van der Waals surface area contributed by atoms with Crippen molar-refractivity contribution in [3.63, 3.8) is 0 Å². The Morgan fingerprint density at radius 2 is 2.07 bits per heavy atom. The third-order valence-electron chi connectivity index (χ3n) is 3.67. The first kappa shape index (κ1) is 21.2. The largest absolute Gasteiger partial charge is 0.441 e. The van der Waals surface area contributed by atoms with E-state index in [1.54, 1.807) is 6.92 Å². The summed E-state index contributed by atoms with van der Waals surface area (Å²) in [5, 5.41) is 3.61. The molecule has 1 saturated heterocycles. The number of carbonyl (C=O) groups excluding carboxylic acids is 2. The molecule has 1 aliphatic heterocycles. The second-order valence-electron chi connectivity index (χ2n) is 5.80. The van der Waals surface area contributed by atoms with Crippen LogP contribution in [0.5, 0.6) is 0 Å². The number of piperazine rings is 1. The van der Waals surface area contributed by atoms with Crippen molar-refractivity contribution < 1.29 is 32.3 Å². The maximum atomic E-state index is 12.5. The second-order valence-corrected chi connectivity index (χ2v) is 5.80. The number of oxime groups is 1. The second kappa shape index (κ2) is 9.19. The van der Waals surface area contributed by atoms with E-state index in [9.17, 15) is 22.8 Å². The molecule has 1 aromatic heterocycles. The standard InChI is InChI=1S/C15H19F3N6O4/c1-10(28-13(19)26)6-22-27-5-4-23-2-3-24(9-12(23)25)14-20-7-11(8-21-14)15(16,17)18/h6-8,10H,2-5,9H2,1H3,(H2,19,26). The smallest absolute Gasteiger partial charge is 0.419 e. The zero-order chi connectivity index (χ0) is 20.7. The lowest BCUT2D eigenvalue weighted by Gasteiger charge is -2.34. The van der Waals surface area contributed by atoms with Crippen molar-refractivity contribution in [1.29, 1.82) is 0 Å². The minimum absolute atomic E-state index is 0.0574. The average molecular weight is 404 g/mol. The molecule has 2 N–H and O–H groups in total. The van der Waals surface area contributed by atoms with Crippen LogP contribution in [0.1, 0.15) is 12.5 Å². The van der Waals surface area contributed by atoms with Gasteiger partial charge in [0.05, 0.1) is 24.9 Å². The summed E-state index contributed by atoms with van der Waals surface area (Å²) in [7, 11) is 0. The molecule has 0 spiro atoms. The van der Waals surface area contributed by atoms with E-state index in [1.165, 1.54) is 16.0 Å². The van der Waals surface area contributed by atoms with Crippen molar-refractivity contribution in [3.05, 3.63) is 18.0 Å². The fraction of sp³-hybridized carbons (Fsp3) is 0.533. The third-order valence-corrected chi connectivity index (χ3v) is 3.67. The van der Waals surface area contributed by atoms with Gasteiger partial charge in [0.15, 0.2) is 0 Å². The Labute approximate surface area is 158 Å². The van der Waals surface area contributed by atoms with Crippen LogP contribution in [0.25, 0.3) is 0 Å². The van der Waals surface area contributed by atoms with Crippen LogP contribution in [0.2, 0.25) is 0 Å². The first-order valence-electron chi connectivity index (χ1n) is 8.20. The highest BCUT2D eigenvalue weighted by molar-refractivity contribution is 5.82. The molecule has 0 radical (unpaired) electrons. The van der Waals surface area contributed by atoms with Gasteiger partial charge in [-0.2, -0.15) is 13.2 Å². The molecule has 0 aromatic carbocycles. The fourth-order valence-corrected chi connectivity index (χ4v) is 2.29. The molecule has 1 fully saturated rings. The number of alkyl halides is 3. The summed E-state index contributed by atoms with van der Waals surface area (Å²) in [6.45, 7) is 2.56. The molecule has 13 heteroatoms. The number of anilines is 1. The molecule has 1 aromatic rings. The topological polar surface area (TPSA) is 123 Å². The molecule has 154 valence electrons. The number of hydrogen-bond acceptors (Lipinski definition) is 8. The predicted molar refractivity (Wildman–Crippen MR) is 90.4 cm³/mol. The average Bonchev–Trinajstić information content (AvgIpc) is 2.61. The van der Waals surface area contributed by atoms with Crippen molar-refractivity contribution in [3.8, 4) is 0 Å². The Kier molecular flexibility index (Phi) is 6.95. The molecule has 10 nitrogen and oxygen atoms in total. The number of aromatic nitrogens is 2. The van der Waals surface area contributed by atoms with E-state index in [1.807, 2.05) is 0 Å². The predicted octanol–water partition coefficient (Wildman–Crippen LogP) is 0.630. The van der Waals surface area contributed by atoms with Crippen LogP contribution in [0, 0.1) is 0 Å². The first-order valence-corrected chi connectivity index (χ1v) is 8.20. The minimum Gasteiger partial charge on any atom is -0.441 e. The van der Waals surface area contributed by atoms with Crippen LogP contribution in [0.3, 0.4) is 0 Å². The summed E-state index contributed by atoms with van der Waals surface area (Å²) in [4.78, 5) is 38.1. The van der Waals surface area contributed by atoms with Crippen LogP contribution in [0.15, 0.2) is 17.5 Å². The van der Waals surface area contributed by atoms with Crippen molar-refractivity contribution >= 4 is 24.2 Å². The Hall–Kier alpha value is -3.12. The van der Waals surface area contributed by atoms with E-state index < -0.39 is 23.9 Å². The van der Waals surface area contributed by atoms with Crippen molar-refractivity contribution in [2.45, 2.75) is 19.2 Å². The summed E-state index contributed by atoms with van der Waals surface area (Å²) >= 11 is 0. The van der Waals surface area contributed by atoms with E-state index in [2.05, 4.69) is 19.9 Å². The van der Waals surface area contributed by atoms with Gasteiger partial charge in [0, 0.05) is 25.5 Å². The van der Waals surface area contributed by atoms with Gasteiger partial charge in [-0.15, -0.1) is 0 Å². The van der Waals surface area contributed by atoms with Gasteiger partial charge in [0.2, 0.25) is 11.9 Å². The molecular formula is C15H19F3N6O4. The SMILES string of the molecule is CC(C=NOCCN1CCN(c2ncc(C(F)(F)F)cn2)CC1=O)OC(N)=O. The van der Waals surface area contributed by atoms with Crippen LogP contribution in [0.4, 0.5) is 23.9 Å². The molecule has 2 heterocycles. The maximum absolute atomic E-state index is 12.5. The molecular weight excluding hydrogens is 385 g/mol. The lowest BCUT2D eigenvalue weighted by Crippen LogP contribution is -2.51. The Morgan fingerprint density at radius 1 is 1.39 bits per heavy atom. The first-order chi connectivity index (χ1) is 13.2. The van der Waals surface area contributed by atoms with Crippen LogP contribution in [-0.2, 0) is 20.5 Å². The summed E-state index contributed by atoms with van der Waals surface area (Å²) in [5.41, 5.74) is 3.90. The molecule has 1 atom stereocenters. The molecule has 2 amide bonds. The zero-order valence-electron chi connectivity index (χ0n) is 14.9. The Balaban J connectivity index is 1.77. The van der Waals surface area contributed by atoms with E-state index in [0.29, 0.717) is 25.5 Å². The number of carbonyl (C=O) groups is 2. The molecule has 0 saturated carbocycles. The quantitative estimate of drug-likeness (QED) is 0.402. The number of nitrogens with zero attached hydrogens (tertiary/aromatic N) is 5. The molecule has 2 rings (SSSR count). The molecule has 1 unspecified atom stereocenters. The number of primary amides is 1. The number of rotatable bonds is 7. The van der Waals surface area contributed by atoms with Gasteiger partial charge in [-0.05, 0) is 6.92 Å². The Bertz CT molecular complexity index is 713. The van der Waals surface area contributed by atoms with Crippen molar-refractivity contribution in [2.24, 2.45) is 10.9 Å². The van der Waals surface area contributed by atoms with Crippen molar-refractivity contribution in [1.82, 2.24) is 14.9 Å². The van der Waals surface area contributed by atoms with Crippen molar-refractivity contribution in [2.75, 3.05) is 37.7 Å². The van der Waals surface area contributed by atoms with Crippen LogP contribution in [-0.4, -0.2) is 72.0 Å². The number of ether oxygens (including phenoxy) is 1. The highest BCUT2D eigenvalue weighted by Gasteiger charge is 2.32. The summed E-state index contributed by atoms with van der Waals surface area (Å²) < 4.78 is 42.2. The minimum atomic E-state index is -4.51.